The van der Waals surface area contributed by atoms with Crippen molar-refractivity contribution < 1.29 is 9.53 Å². The molecule has 1 rings (SSSR count). The van der Waals surface area contributed by atoms with Gasteiger partial charge in [-0.1, -0.05) is 6.92 Å². The van der Waals surface area contributed by atoms with E-state index in [4.69, 9.17) is 4.74 Å². The van der Waals surface area contributed by atoms with Crippen LogP contribution >= 0.6 is 27.3 Å². The Morgan fingerprint density at radius 1 is 1.64 bits per heavy atom. The summed E-state index contributed by atoms with van der Waals surface area (Å²) in [6.07, 6.45) is 0.869. The third-order valence-electron chi connectivity index (χ3n) is 1.62. The van der Waals surface area contributed by atoms with Gasteiger partial charge in [0.2, 0.25) is 0 Å². The Kier molecular flexibility index (Phi) is 4.13. The first-order valence-electron chi connectivity index (χ1n) is 4.53. The second-order valence-electron chi connectivity index (χ2n) is 3.19. The average Bonchev–Trinajstić information content (AvgIpc) is 2.45. The molecule has 78 valence electrons. The fraction of sp³-hybridized carbons (Fsp3) is 0.500. The van der Waals surface area contributed by atoms with Crippen LogP contribution < -0.4 is 0 Å². The molecule has 0 N–H and O–H groups in total. The topological polar surface area (TPSA) is 26.3 Å². The summed E-state index contributed by atoms with van der Waals surface area (Å²) in [6.45, 7) is 5.76. The zero-order chi connectivity index (χ0) is 10.7. The Morgan fingerprint density at radius 3 is 2.71 bits per heavy atom. The van der Waals surface area contributed by atoms with Gasteiger partial charge in [0.1, 0.15) is 4.88 Å². The van der Waals surface area contributed by atoms with E-state index in [1.807, 2.05) is 19.9 Å². The fourth-order valence-electron chi connectivity index (χ4n) is 1.02. The van der Waals surface area contributed by atoms with Crippen LogP contribution in [0.2, 0.25) is 0 Å². The predicted octanol–water partition coefficient (Wildman–Crippen LogP) is 3.64. The minimum absolute atomic E-state index is 0.0616. The van der Waals surface area contributed by atoms with Crippen LogP contribution in [0.3, 0.4) is 0 Å². The highest BCUT2D eigenvalue weighted by molar-refractivity contribution is 9.10. The third-order valence-corrected chi connectivity index (χ3v) is 3.85. The quantitative estimate of drug-likeness (QED) is 0.788. The summed E-state index contributed by atoms with van der Waals surface area (Å²) >= 11 is 4.90. The van der Waals surface area contributed by atoms with E-state index < -0.39 is 0 Å². The first kappa shape index (κ1) is 11.7. The molecule has 2 nitrogen and oxygen atoms in total. The summed E-state index contributed by atoms with van der Waals surface area (Å²) < 4.78 is 6.10. The van der Waals surface area contributed by atoms with Crippen molar-refractivity contribution in [1.82, 2.24) is 0 Å². The number of ether oxygens (including phenoxy) is 1. The number of aryl methyl sites for hydroxylation is 1. The highest BCUT2D eigenvalue weighted by Gasteiger charge is 2.14. The summed E-state index contributed by atoms with van der Waals surface area (Å²) in [5.74, 6) is -0.231. The zero-order valence-corrected chi connectivity index (χ0v) is 10.9. The van der Waals surface area contributed by atoms with Gasteiger partial charge >= 0.3 is 5.97 Å². The molecule has 0 bridgehead atoms. The minimum Gasteiger partial charge on any atom is -0.459 e. The van der Waals surface area contributed by atoms with E-state index in [1.165, 1.54) is 16.2 Å². The summed E-state index contributed by atoms with van der Waals surface area (Å²) in [7, 11) is 0. The molecule has 0 saturated heterocycles. The maximum absolute atomic E-state index is 11.5. The van der Waals surface area contributed by atoms with Crippen molar-refractivity contribution in [1.29, 1.82) is 0 Å². The van der Waals surface area contributed by atoms with Crippen molar-refractivity contribution in [3.8, 4) is 0 Å². The Labute approximate surface area is 96.4 Å². The lowest BCUT2D eigenvalue weighted by Crippen LogP contribution is -2.09. The van der Waals surface area contributed by atoms with Crippen molar-refractivity contribution in [3.05, 3.63) is 20.3 Å². The standard InChI is InChI=1S/C10H13BrO2S/c1-4-8-7(11)5-9(14-8)10(12)13-6(2)3/h5-6H,4H2,1-3H3. The van der Waals surface area contributed by atoms with Crippen LogP contribution in [0.15, 0.2) is 10.5 Å². The molecule has 0 aliphatic rings. The van der Waals surface area contributed by atoms with E-state index in [-0.39, 0.29) is 12.1 Å². The van der Waals surface area contributed by atoms with E-state index in [2.05, 4.69) is 22.9 Å². The number of halogens is 1. The van der Waals surface area contributed by atoms with Gasteiger partial charge in [-0.15, -0.1) is 11.3 Å². The molecular weight excluding hydrogens is 264 g/mol. The van der Waals surface area contributed by atoms with Crippen molar-refractivity contribution in [3.63, 3.8) is 0 Å². The predicted molar refractivity (Wildman–Crippen MR) is 61.9 cm³/mol. The molecule has 0 aromatic carbocycles. The number of hydrogen-bond donors (Lipinski definition) is 0. The molecule has 4 heteroatoms. The molecule has 0 amide bonds. The Hall–Kier alpha value is -0.350. The van der Waals surface area contributed by atoms with Gasteiger partial charge in [-0.3, -0.25) is 0 Å². The van der Waals surface area contributed by atoms with Gasteiger partial charge in [0.25, 0.3) is 0 Å². The summed E-state index contributed by atoms with van der Waals surface area (Å²) in [6, 6.07) is 1.83. The van der Waals surface area contributed by atoms with Gasteiger partial charge in [-0.25, -0.2) is 4.79 Å². The second kappa shape index (κ2) is 4.94. The van der Waals surface area contributed by atoms with Crippen LogP contribution in [0.5, 0.6) is 0 Å². The number of esters is 1. The number of rotatable bonds is 3. The molecule has 1 heterocycles. The van der Waals surface area contributed by atoms with E-state index in [0.29, 0.717) is 4.88 Å². The zero-order valence-electron chi connectivity index (χ0n) is 8.46. The van der Waals surface area contributed by atoms with Crippen LogP contribution in [0, 0.1) is 0 Å². The van der Waals surface area contributed by atoms with E-state index >= 15 is 0 Å². The SMILES string of the molecule is CCc1sc(C(=O)OC(C)C)cc1Br. The van der Waals surface area contributed by atoms with Gasteiger partial charge in [-0.05, 0) is 42.3 Å². The lowest BCUT2D eigenvalue weighted by molar-refractivity contribution is 0.0384. The summed E-state index contributed by atoms with van der Waals surface area (Å²) in [4.78, 5) is 13.4. The molecule has 1 aromatic rings. The minimum atomic E-state index is -0.231. The Balaban J connectivity index is 2.80. The van der Waals surface area contributed by atoms with Crippen LogP contribution in [0.4, 0.5) is 0 Å². The molecule has 0 fully saturated rings. The maximum Gasteiger partial charge on any atom is 0.348 e. The van der Waals surface area contributed by atoms with Crippen LogP contribution in [0.25, 0.3) is 0 Å². The molecule has 0 unspecified atom stereocenters. The largest absolute Gasteiger partial charge is 0.459 e. The van der Waals surface area contributed by atoms with E-state index in [9.17, 15) is 4.79 Å². The molecule has 0 aliphatic carbocycles. The Morgan fingerprint density at radius 2 is 2.29 bits per heavy atom. The van der Waals surface area contributed by atoms with Crippen LogP contribution in [-0.4, -0.2) is 12.1 Å². The first-order chi connectivity index (χ1) is 6.54. The third kappa shape index (κ3) is 2.82. The molecule has 0 aliphatic heterocycles. The Bertz CT molecular complexity index is 331. The highest BCUT2D eigenvalue weighted by Crippen LogP contribution is 2.28. The number of carbonyl (C=O) groups excluding carboxylic acids is 1. The second-order valence-corrected chi connectivity index (χ2v) is 5.18. The van der Waals surface area contributed by atoms with E-state index in [0.717, 1.165) is 10.9 Å². The molecule has 0 saturated carbocycles. The monoisotopic (exact) mass is 276 g/mol. The number of thiophene rings is 1. The molecule has 0 radical (unpaired) electrons. The lowest BCUT2D eigenvalue weighted by Gasteiger charge is -2.05. The van der Waals surface area contributed by atoms with Gasteiger partial charge in [0, 0.05) is 9.35 Å². The van der Waals surface area contributed by atoms with Crippen molar-refractivity contribution in [2.24, 2.45) is 0 Å². The molecule has 1 aromatic heterocycles. The molecular formula is C10H13BrO2S. The molecule has 14 heavy (non-hydrogen) atoms. The average molecular weight is 277 g/mol. The van der Waals surface area contributed by atoms with Crippen LogP contribution in [-0.2, 0) is 11.2 Å². The number of hydrogen-bond acceptors (Lipinski definition) is 3. The van der Waals surface area contributed by atoms with Gasteiger partial charge in [0.15, 0.2) is 0 Å². The lowest BCUT2D eigenvalue weighted by atomic mass is 10.3. The smallest absolute Gasteiger partial charge is 0.348 e. The van der Waals surface area contributed by atoms with Crippen molar-refractivity contribution >= 4 is 33.2 Å². The van der Waals surface area contributed by atoms with Gasteiger partial charge in [0.05, 0.1) is 6.10 Å². The first-order valence-corrected chi connectivity index (χ1v) is 6.14. The van der Waals surface area contributed by atoms with Crippen LogP contribution in [0.1, 0.15) is 35.3 Å². The van der Waals surface area contributed by atoms with E-state index in [1.54, 1.807) is 0 Å². The van der Waals surface area contributed by atoms with Crippen molar-refractivity contribution in [2.75, 3.05) is 0 Å². The fourth-order valence-corrected chi connectivity index (χ4v) is 2.80. The summed E-state index contributed by atoms with van der Waals surface area (Å²) in [5, 5.41) is 0. The highest BCUT2D eigenvalue weighted by atomic mass is 79.9. The molecule has 0 atom stereocenters. The van der Waals surface area contributed by atoms with Gasteiger partial charge < -0.3 is 4.74 Å². The van der Waals surface area contributed by atoms with Crippen molar-refractivity contribution in [2.45, 2.75) is 33.3 Å². The molecule has 0 spiro atoms. The maximum atomic E-state index is 11.5. The summed E-state index contributed by atoms with van der Waals surface area (Å²) in [5.41, 5.74) is 0. The number of carbonyl (C=O) groups is 1. The normalized spacial score (nSPS) is 10.6. The van der Waals surface area contributed by atoms with Gasteiger partial charge in [-0.2, -0.15) is 0 Å².